The highest BCUT2D eigenvalue weighted by molar-refractivity contribution is 5.36. The third-order valence-corrected chi connectivity index (χ3v) is 3.72. The van der Waals surface area contributed by atoms with E-state index < -0.39 is 0 Å². The fourth-order valence-electron chi connectivity index (χ4n) is 2.80. The molecular weight excluding hydrogens is 238 g/mol. The van der Waals surface area contributed by atoms with Crippen LogP contribution in [0.15, 0.2) is 12.3 Å². The summed E-state index contributed by atoms with van der Waals surface area (Å²) in [6.45, 7) is 8.11. The Balaban J connectivity index is 1.80. The van der Waals surface area contributed by atoms with Crippen LogP contribution in [0.5, 0.6) is 0 Å². The van der Waals surface area contributed by atoms with Gasteiger partial charge in [0.25, 0.3) is 0 Å². The van der Waals surface area contributed by atoms with Crippen LogP contribution in [0.3, 0.4) is 0 Å². The van der Waals surface area contributed by atoms with Crippen molar-refractivity contribution in [3.63, 3.8) is 0 Å². The number of hydrogen-bond donors (Lipinski definition) is 1. The van der Waals surface area contributed by atoms with Crippen molar-refractivity contribution in [2.45, 2.75) is 33.1 Å². The van der Waals surface area contributed by atoms with E-state index in [-0.39, 0.29) is 0 Å². The Morgan fingerprint density at radius 2 is 1.95 bits per heavy atom. The van der Waals surface area contributed by atoms with Gasteiger partial charge in [-0.15, -0.1) is 0 Å². The molecule has 0 aromatic carbocycles. The van der Waals surface area contributed by atoms with Crippen LogP contribution in [-0.4, -0.2) is 33.3 Å². The van der Waals surface area contributed by atoms with Crippen molar-refractivity contribution in [2.75, 3.05) is 18.0 Å². The van der Waals surface area contributed by atoms with Crippen molar-refractivity contribution in [3.8, 4) is 0 Å². The smallest absolute Gasteiger partial charge is 0.225 e. The maximum atomic E-state index is 4.54. The molecule has 1 aliphatic heterocycles. The second-order valence-corrected chi connectivity index (χ2v) is 5.35. The predicted octanol–water partition coefficient (Wildman–Crippen LogP) is 2.12. The number of aromatic nitrogens is 4. The summed E-state index contributed by atoms with van der Waals surface area (Å²) < 4.78 is 0. The van der Waals surface area contributed by atoms with Gasteiger partial charge in [-0.2, -0.15) is 5.10 Å². The van der Waals surface area contributed by atoms with Crippen LogP contribution in [0, 0.1) is 20.8 Å². The van der Waals surface area contributed by atoms with Gasteiger partial charge in [-0.1, -0.05) is 0 Å². The molecule has 2 aromatic heterocycles. The first-order chi connectivity index (χ1) is 9.13. The van der Waals surface area contributed by atoms with Crippen molar-refractivity contribution >= 4 is 5.95 Å². The number of nitrogens with zero attached hydrogens (tertiary/aromatic N) is 4. The van der Waals surface area contributed by atoms with E-state index in [1.807, 2.05) is 26.1 Å². The largest absolute Gasteiger partial charge is 0.340 e. The van der Waals surface area contributed by atoms with Crippen molar-refractivity contribution < 1.29 is 0 Å². The topological polar surface area (TPSA) is 57.7 Å². The van der Waals surface area contributed by atoms with E-state index >= 15 is 0 Å². The number of anilines is 1. The van der Waals surface area contributed by atoms with Crippen molar-refractivity contribution in [1.82, 2.24) is 20.2 Å². The summed E-state index contributed by atoms with van der Waals surface area (Å²) >= 11 is 0. The summed E-state index contributed by atoms with van der Waals surface area (Å²) in [6, 6.07) is 2.01. The van der Waals surface area contributed by atoms with Gasteiger partial charge >= 0.3 is 0 Å². The van der Waals surface area contributed by atoms with Crippen LogP contribution in [0.4, 0.5) is 5.95 Å². The highest BCUT2D eigenvalue weighted by Crippen LogP contribution is 2.29. The number of aryl methyl sites for hydroxylation is 3. The fourth-order valence-corrected chi connectivity index (χ4v) is 2.80. The molecule has 5 nitrogen and oxygen atoms in total. The minimum Gasteiger partial charge on any atom is -0.340 e. The third-order valence-electron chi connectivity index (χ3n) is 3.72. The molecule has 1 aliphatic rings. The summed E-state index contributed by atoms with van der Waals surface area (Å²) in [7, 11) is 0. The van der Waals surface area contributed by atoms with Crippen LogP contribution in [0.2, 0.25) is 0 Å². The van der Waals surface area contributed by atoms with E-state index in [2.05, 4.69) is 32.0 Å². The quantitative estimate of drug-likeness (QED) is 0.895. The average molecular weight is 257 g/mol. The lowest BCUT2D eigenvalue weighted by molar-refractivity contribution is 0.731. The molecule has 1 saturated heterocycles. The third kappa shape index (κ3) is 2.32. The minimum atomic E-state index is 0.506. The van der Waals surface area contributed by atoms with Gasteiger partial charge in [0.2, 0.25) is 5.95 Å². The van der Waals surface area contributed by atoms with E-state index in [1.165, 1.54) is 11.3 Å². The van der Waals surface area contributed by atoms with Gasteiger partial charge in [0.1, 0.15) is 0 Å². The highest BCUT2D eigenvalue weighted by atomic mass is 15.3. The molecule has 2 aromatic rings. The van der Waals surface area contributed by atoms with Crippen molar-refractivity contribution in [1.29, 1.82) is 0 Å². The maximum absolute atomic E-state index is 4.54. The zero-order valence-electron chi connectivity index (χ0n) is 11.6. The Morgan fingerprint density at radius 1 is 1.21 bits per heavy atom. The molecule has 5 heteroatoms. The highest BCUT2D eigenvalue weighted by Gasteiger charge is 2.27. The summed E-state index contributed by atoms with van der Waals surface area (Å²) in [5.41, 5.74) is 4.56. The Labute approximate surface area is 113 Å². The SMILES string of the molecule is Cc1cc(C)nc(N2CC[C@H](c3[nH]ncc3C)C2)n1. The van der Waals surface area contributed by atoms with E-state index in [9.17, 15) is 0 Å². The van der Waals surface area contributed by atoms with Crippen molar-refractivity contribution in [2.24, 2.45) is 0 Å². The molecule has 0 amide bonds. The maximum Gasteiger partial charge on any atom is 0.225 e. The van der Waals surface area contributed by atoms with Crippen LogP contribution in [0.25, 0.3) is 0 Å². The second-order valence-electron chi connectivity index (χ2n) is 5.35. The molecule has 0 unspecified atom stereocenters. The molecule has 0 saturated carbocycles. The monoisotopic (exact) mass is 257 g/mol. The molecule has 3 heterocycles. The molecule has 1 fully saturated rings. The van der Waals surface area contributed by atoms with Gasteiger partial charge in [0, 0.05) is 36.1 Å². The molecule has 100 valence electrons. The normalized spacial score (nSPS) is 19.1. The van der Waals surface area contributed by atoms with Crippen LogP contribution >= 0.6 is 0 Å². The molecule has 19 heavy (non-hydrogen) atoms. The Hall–Kier alpha value is -1.91. The van der Waals surface area contributed by atoms with Gasteiger partial charge in [-0.3, -0.25) is 5.10 Å². The zero-order valence-corrected chi connectivity index (χ0v) is 11.6. The minimum absolute atomic E-state index is 0.506. The first-order valence-corrected chi connectivity index (χ1v) is 6.70. The number of rotatable bonds is 2. The molecule has 0 radical (unpaired) electrons. The second kappa shape index (κ2) is 4.64. The Kier molecular flexibility index (Phi) is 2.97. The number of H-pyrrole nitrogens is 1. The van der Waals surface area contributed by atoms with Crippen LogP contribution in [0.1, 0.15) is 35.0 Å². The number of aromatic amines is 1. The van der Waals surface area contributed by atoms with Gasteiger partial charge in [-0.25, -0.2) is 9.97 Å². The molecular formula is C14H19N5. The standard InChI is InChI=1S/C14H19N5/c1-9-7-15-18-13(9)12-4-5-19(8-12)14-16-10(2)6-11(3)17-14/h6-7,12H,4-5,8H2,1-3H3,(H,15,18)/t12-/m0/s1. The Morgan fingerprint density at radius 3 is 2.58 bits per heavy atom. The first-order valence-electron chi connectivity index (χ1n) is 6.70. The fraction of sp³-hybridized carbons (Fsp3) is 0.500. The van der Waals surface area contributed by atoms with Crippen LogP contribution in [-0.2, 0) is 0 Å². The number of hydrogen-bond acceptors (Lipinski definition) is 4. The van der Waals surface area contributed by atoms with Gasteiger partial charge in [0.05, 0.1) is 6.20 Å². The summed E-state index contributed by atoms with van der Waals surface area (Å²) in [5, 5.41) is 7.24. The molecule has 0 aliphatic carbocycles. The predicted molar refractivity (Wildman–Crippen MR) is 74.4 cm³/mol. The van der Waals surface area contributed by atoms with Gasteiger partial charge in [-0.05, 0) is 38.8 Å². The van der Waals surface area contributed by atoms with E-state index in [0.29, 0.717) is 5.92 Å². The molecule has 0 spiro atoms. The van der Waals surface area contributed by atoms with E-state index in [0.717, 1.165) is 36.8 Å². The van der Waals surface area contributed by atoms with Crippen LogP contribution < -0.4 is 4.90 Å². The van der Waals surface area contributed by atoms with Gasteiger partial charge < -0.3 is 4.90 Å². The van der Waals surface area contributed by atoms with Crippen molar-refractivity contribution in [3.05, 3.63) is 34.9 Å². The molecule has 1 N–H and O–H groups in total. The lowest BCUT2D eigenvalue weighted by Crippen LogP contribution is -2.22. The lowest BCUT2D eigenvalue weighted by atomic mass is 10.0. The molecule has 1 atom stereocenters. The molecule has 0 bridgehead atoms. The summed E-state index contributed by atoms with van der Waals surface area (Å²) in [6.07, 6.45) is 3.02. The molecule has 3 rings (SSSR count). The number of nitrogens with one attached hydrogen (secondary N) is 1. The zero-order chi connectivity index (χ0) is 13.4. The lowest BCUT2D eigenvalue weighted by Gasteiger charge is -2.17. The van der Waals surface area contributed by atoms with E-state index in [4.69, 9.17) is 0 Å². The first kappa shape index (κ1) is 12.1. The van der Waals surface area contributed by atoms with E-state index in [1.54, 1.807) is 0 Å². The summed E-state index contributed by atoms with van der Waals surface area (Å²) in [5.74, 6) is 1.36. The summed E-state index contributed by atoms with van der Waals surface area (Å²) in [4.78, 5) is 11.4. The Bertz CT molecular complexity index is 569. The van der Waals surface area contributed by atoms with Gasteiger partial charge in [0.15, 0.2) is 0 Å². The average Bonchev–Trinajstić information content (AvgIpc) is 2.95.